The highest BCUT2D eigenvalue weighted by Gasteiger charge is 2.26. The van der Waals surface area contributed by atoms with E-state index >= 15 is 0 Å². The highest BCUT2D eigenvalue weighted by molar-refractivity contribution is 6.08. The van der Waals surface area contributed by atoms with Crippen molar-refractivity contribution < 1.29 is 14.7 Å². The Hall–Kier alpha value is -3.26. The van der Waals surface area contributed by atoms with Crippen LogP contribution in [0.1, 0.15) is 34.5 Å². The molecule has 0 amide bonds. The number of carboxylic acid groups (broad SMARTS) is 1. The smallest absolute Gasteiger partial charge is 0.314 e. The number of nitrogens with zero attached hydrogens (tertiary/aromatic N) is 2. The molecule has 28 heavy (non-hydrogen) atoms. The molecule has 148 valence electrons. The van der Waals surface area contributed by atoms with Gasteiger partial charge in [0.25, 0.3) is 0 Å². The number of carbonyl (C=O) groups excluding carboxylic acids is 1. The molecular weight excluding hydrogens is 358 g/mol. The van der Waals surface area contributed by atoms with Crippen LogP contribution in [0, 0.1) is 5.92 Å². The van der Waals surface area contributed by atoms with Gasteiger partial charge >= 0.3 is 5.97 Å². The summed E-state index contributed by atoms with van der Waals surface area (Å²) in [4.78, 5) is 32.2. The van der Waals surface area contributed by atoms with Crippen LogP contribution < -0.4 is 16.8 Å². The molecule has 6 N–H and O–H groups in total. The lowest BCUT2D eigenvalue weighted by atomic mass is 9.93. The average Bonchev–Trinajstić information content (AvgIpc) is 2.69. The second kappa shape index (κ2) is 10.8. The maximum atomic E-state index is 12.6. The van der Waals surface area contributed by atoms with E-state index < -0.39 is 17.7 Å². The normalized spacial score (nSPS) is 11.6. The Morgan fingerprint density at radius 3 is 2.50 bits per heavy atom. The number of benzene rings is 1. The molecule has 2 aromatic rings. The van der Waals surface area contributed by atoms with Gasteiger partial charge in [-0.2, -0.15) is 0 Å². The maximum absolute atomic E-state index is 12.6. The third kappa shape index (κ3) is 6.81. The van der Waals surface area contributed by atoms with Crippen molar-refractivity contribution in [2.75, 3.05) is 6.54 Å². The van der Waals surface area contributed by atoms with Gasteiger partial charge in [-0.15, -0.1) is 0 Å². The first-order chi connectivity index (χ1) is 13.5. The molecule has 2 rings (SSSR count). The molecule has 1 aromatic carbocycles. The van der Waals surface area contributed by atoms with Gasteiger partial charge in [0.05, 0.1) is 12.2 Å². The number of nitrogens with two attached hydrogens (primary N) is 2. The van der Waals surface area contributed by atoms with Gasteiger partial charge in [0, 0.05) is 18.3 Å². The fourth-order valence-corrected chi connectivity index (χ4v) is 2.68. The number of carbonyl (C=O) groups is 2. The van der Waals surface area contributed by atoms with E-state index in [1.807, 2.05) is 18.2 Å². The van der Waals surface area contributed by atoms with E-state index in [2.05, 4.69) is 15.3 Å². The molecule has 0 radical (unpaired) electrons. The summed E-state index contributed by atoms with van der Waals surface area (Å²) in [6.45, 7) is 1.51. The van der Waals surface area contributed by atoms with Crippen molar-refractivity contribution >= 4 is 17.7 Å². The van der Waals surface area contributed by atoms with E-state index in [9.17, 15) is 14.7 Å². The van der Waals surface area contributed by atoms with Crippen molar-refractivity contribution in [2.24, 2.45) is 22.4 Å². The molecule has 1 heterocycles. The van der Waals surface area contributed by atoms with E-state index in [0.29, 0.717) is 31.6 Å². The third-order valence-corrected chi connectivity index (χ3v) is 4.18. The molecule has 8 heteroatoms. The average molecular weight is 383 g/mol. The number of ketones is 1. The topological polar surface area (TPSA) is 144 Å². The van der Waals surface area contributed by atoms with Crippen LogP contribution >= 0.6 is 0 Å². The monoisotopic (exact) mass is 383 g/mol. The zero-order valence-corrected chi connectivity index (χ0v) is 15.5. The summed E-state index contributed by atoms with van der Waals surface area (Å²) in [5, 5.41) is 12.6. The lowest BCUT2D eigenvalue weighted by Crippen LogP contribution is -2.25. The molecule has 0 aliphatic rings. The number of pyridine rings is 1. The Balaban J connectivity index is 1.85. The molecule has 1 atom stereocenters. The number of aliphatic imine (C=N–C) groups is 1. The number of rotatable bonds is 11. The van der Waals surface area contributed by atoms with Gasteiger partial charge in [0.15, 0.2) is 11.7 Å². The number of hydrogen-bond acceptors (Lipinski definition) is 5. The Morgan fingerprint density at radius 2 is 1.89 bits per heavy atom. The van der Waals surface area contributed by atoms with Crippen LogP contribution in [-0.2, 0) is 17.9 Å². The molecule has 0 aliphatic carbocycles. The maximum Gasteiger partial charge on any atom is 0.314 e. The SMILES string of the molecule is NC(N)=NCc1ccc(C(=O)[C@H](CCCNCc2ccccn2)C(=O)O)cc1. The first kappa shape index (κ1) is 21.0. The van der Waals surface area contributed by atoms with E-state index in [0.717, 1.165) is 11.3 Å². The standard InChI is InChI=1S/C20H25N5O3/c21-20(22)25-12-14-6-8-15(9-7-14)18(26)17(19(27)28)5-3-10-23-13-16-4-1-2-11-24-16/h1-2,4,6-9,11,17,23H,3,5,10,12-13H2,(H,27,28)(H4,21,22,25)/t17-/m0/s1. The number of nitrogens with one attached hydrogen (secondary N) is 1. The quantitative estimate of drug-likeness (QED) is 0.150. The summed E-state index contributed by atoms with van der Waals surface area (Å²) in [7, 11) is 0. The first-order valence-electron chi connectivity index (χ1n) is 8.99. The minimum absolute atomic E-state index is 0.0113. The van der Waals surface area contributed by atoms with Crippen LogP contribution in [0.2, 0.25) is 0 Å². The van der Waals surface area contributed by atoms with Crippen LogP contribution in [0.15, 0.2) is 53.7 Å². The number of Topliss-reactive ketones (excluding diaryl/α,β-unsaturated/α-hetero) is 1. The predicted molar refractivity (Wildman–Crippen MR) is 107 cm³/mol. The summed E-state index contributed by atoms with van der Waals surface area (Å²) in [5.41, 5.74) is 12.7. The van der Waals surface area contributed by atoms with Crippen molar-refractivity contribution in [3.63, 3.8) is 0 Å². The molecule has 0 spiro atoms. The lowest BCUT2D eigenvalue weighted by molar-refractivity contribution is -0.140. The summed E-state index contributed by atoms with van der Waals surface area (Å²) in [5.74, 6) is -2.59. The van der Waals surface area contributed by atoms with Gasteiger partial charge in [-0.1, -0.05) is 30.3 Å². The Bertz CT molecular complexity index is 802. The molecule has 0 aliphatic heterocycles. The molecule has 0 saturated heterocycles. The first-order valence-corrected chi connectivity index (χ1v) is 8.99. The van der Waals surface area contributed by atoms with Crippen molar-refractivity contribution in [1.29, 1.82) is 0 Å². The number of aliphatic carboxylic acids is 1. The lowest BCUT2D eigenvalue weighted by Gasteiger charge is -2.12. The number of guanidine groups is 1. The highest BCUT2D eigenvalue weighted by atomic mass is 16.4. The summed E-state index contributed by atoms with van der Waals surface area (Å²) >= 11 is 0. The molecule has 0 saturated carbocycles. The van der Waals surface area contributed by atoms with Gasteiger partial charge in [0.2, 0.25) is 0 Å². The summed E-state index contributed by atoms with van der Waals surface area (Å²) in [6.07, 6.45) is 2.55. The van der Waals surface area contributed by atoms with E-state index in [1.54, 1.807) is 30.5 Å². The van der Waals surface area contributed by atoms with Crippen LogP contribution in [0.5, 0.6) is 0 Å². The van der Waals surface area contributed by atoms with Gasteiger partial charge in [0.1, 0.15) is 5.92 Å². The molecule has 0 unspecified atom stereocenters. The molecular formula is C20H25N5O3. The van der Waals surface area contributed by atoms with Gasteiger partial charge in [-0.25, -0.2) is 4.99 Å². The number of aromatic nitrogens is 1. The largest absolute Gasteiger partial charge is 0.481 e. The number of hydrogen-bond donors (Lipinski definition) is 4. The van der Waals surface area contributed by atoms with Crippen LogP contribution in [0.25, 0.3) is 0 Å². The molecule has 1 aromatic heterocycles. The fourth-order valence-electron chi connectivity index (χ4n) is 2.68. The highest BCUT2D eigenvalue weighted by Crippen LogP contribution is 2.16. The second-order valence-corrected chi connectivity index (χ2v) is 6.33. The van der Waals surface area contributed by atoms with Crippen LogP contribution in [0.3, 0.4) is 0 Å². The minimum atomic E-state index is -1.11. The summed E-state index contributed by atoms with van der Waals surface area (Å²) < 4.78 is 0. The van der Waals surface area contributed by atoms with Crippen molar-refractivity contribution in [2.45, 2.75) is 25.9 Å². The van der Waals surface area contributed by atoms with Gasteiger partial charge in [-0.3, -0.25) is 14.6 Å². The minimum Gasteiger partial charge on any atom is -0.481 e. The van der Waals surface area contributed by atoms with E-state index in [4.69, 9.17) is 11.5 Å². The van der Waals surface area contributed by atoms with Crippen molar-refractivity contribution in [3.05, 3.63) is 65.5 Å². The molecule has 8 nitrogen and oxygen atoms in total. The number of carboxylic acids is 1. The van der Waals surface area contributed by atoms with Crippen molar-refractivity contribution in [1.82, 2.24) is 10.3 Å². The summed E-state index contributed by atoms with van der Waals surface area (Å²) in [6, 6.07) is 12.3. The van der Waals surface area contributed by atoms with Crippen LogP contribution in [-0.4, -0.2) is 34.3 Å². The second-order valence-electron chi connectivity index (χ2n) is 6.33. The zero-order valence-electron chi connectivity index (χ0n) is 15.5. The van der Waals surface area contributed by atoms with E-state index in [1.165, 1.54) is 0 Å². The Kier molecular flexibility index (Phi) is 8.11. The molecule has 0 fully saturated rings. The Morgan fingerprint density at radius 1 is 1.14 bits per heavy atom. The third-order valence-electron chi connectivity index (χ3n) is 4.18. The zero-order chi connectivity index (χ0) is 20.4. The van der Waals surface area contributed by atoms with Crippen molar-refractivity contribution in [3.8, 4) is 0 Å². The van der Waals surface area contributed by atoms with Crippen LogP contribution in [0.4, 0.5) is 0 Å². The van der Waals surface area contributed by atoms with Gasteiger partial charge in [-0.05, 0) is 37.1 Å². The fraction of sp³-hybridized carbons (Fsp3) is 0.300. The van der Waals surface area contributed by atoms with E-state index in [-0.39, 0.29) is 12.4 Å². The van der Waals surface area contributed by atoms with Gasteiger partial charge < -0.3 is 21.9 Å². The predicted octanol–water partition coefficient (Wildman–Crippen LogP) is 1.31. The Labute approximate surface area is 163 Å². The molecule has 0 bridgehead atoms.